The van der Waals surface area contributed by atoms with Gasteiger partial charge in [-0.2, -0.15) is 18.3 Å². The molecule has 0 aromatic carbocycles. The SMILES string of the molecule is C=CCc1cc[n+](-c2c3nc(c(-[n+]4ccc(CC=C)cc4)c4[nH]c(c(C)c4CCC(=O)O)c(-[n+]4ccc(CC=C)cc4)c4nc(c(-[n+]5ccc(CC=C)cc5)c5[nH]c2c(C)c5CC)C(C)=C4CC)C(CCC(=O)O)=C3C)cc1. The Balaban J connectivity index is 1.63. The number of H-pyrrole nitrogens is 2. The Kier molecular flexibility index (Phi) is 16.0. The number of nitrogens with one attached hydrogen (secondary N) is 2. The molecule has 0 radical (unpaired) electrons. The molecule has 394 valence electrons. The number of carboxylic acids is 2. The summed E-state index contributed by atoms with van der Waals surface area (Å²) in [6.45, 7) is 28.8. The van der Waals surface area contributed by atoms with Crippen LogP contribution in [0.4, 0.5) is 0 Å². The van der Waals surface area contributed by atoms with Crippen molar-refractivity contribution in [2.75, 3.05) is 0 Å². The zero-order chi connectivity index (χ0) is 55.4. The van der Waals surface area contributed by atoms with Gasteiger partial charge in [0.15, 0.2) is 49.6 Å². The van der Waals surface area contributed by atoms with Gasteiger partial charge in [-0.3, -0.25) is 9.59 Å². The first-order valence-corrected chi connectivity index (χ1v) is 26.9. The molecule has 2 aliphatic heterocycles. The van der Waals surface area contributed by atoms with Crippen molar-refractivity contribution >= 4 is 56.3 Å². The van der Waals surface area contributed by atoms with Crippen molar-refractivity contribution in [1.29, 1.82) is 0 Å². The maximum Gasteiger partial charge on any atom is 0.303 e. The molecule has 0 fully saturated rings. The van der Waals surface area contributed by atoms with Gasteiger partial charge in [0.1, 0.15) is 44.8 Å². The quantitative estimate of drug-likeness (QED) is 0.0441. The average molecular weight is 1040 g/mol. The zero-order valence-corrected chi connectivity index (χ0v) is 45.8. The molecule has 0 saturated heterocycles. The van der Waals surface area contributed by atoms with Crippen LogP contribution in [-0.2, 0) is 48.1 Å². The lowest BCUT2D eigenvalue weighted by molar-refractivity contribution is -0.595. The highest BCUT2D eigenvalue weighted by atomic mass is 16.4. The summed E-state index contributed by atoms with van der Waals surface area (Å²) in [7, 11) is 0. The molecule has 7 aromatic heterocycles. The predicted molar refractivity (Wildman–Crippen MR) is 310 cm³/mol. The summed E-state index contributed by atoms with van der Waals surface area (Å²) < 4.78 is 8.43. The van der Waals surface area contributed by atoms with E-state index in [1.54, 1.807) is 0 Å². The number of aromatic amines is 2. The third kappa shape index (κ3) is 10.3. The molecule has 8 bridgehead atoms. The van der Waals surface area contributed by atoms with Crippen molar-refractivity contribution in [3.8, 4) is 22.7 Å². The number of hydrogen-bond acceptors (Lipinski definition) is 4. The standard InChI is InChI=1S/C66H66N8O4/c1-11-17-45-25-33-71(34-26-45)63-55-41(7)49(15-5)59(67-55)64(72-35-27-46(18-12-2)28-36-72)56-42(8)50(16-6)60(68-56)65(73-37-29-47(19-13-3)30-38-73)58-44(10)52(22-24-54(77)78)62(70-58)66(74-39-31-48(20-14-4)32-40-74)61-51(21-23-53(75)76)43(9)57(63)69-61/h11-14,25-40H,1-4,15-24H2,5-10H3/p+4. The summed E-state index contributed by atoms with van der Waals surface area (Å²) >= 11 is 0. The van der Waals surface area contributed by atoms with Crippen molar-refractivity contribution in [1.82, 2.24) is 19.9 Å². The summed E-state index contributed by atoms with van der Waals surface area (Å²) in [4.78, 5) is 45.2. The molecule has 0 aliphatic carbocycles. The average Bonchev–Trinajstić information content (AvgIpc) is 4.36. The van der Waals surface area contributed by atoms with E-state index >= 15 is 0 Å². The number of carbonyl (C=O) groups is 2. The number of aromatic nitrogens is 8. The molecule has 9 heterocycles. The van der Waals surface area contributed by atoms with Crippen LogP contribution in [0.1, 0.15) is 121 Å². The third-order valence-corrected chi connectivity index (χ3v) is 15.3. The molecular formula is C66H70N8O4+4. The zero-order valence-electron chi connectivity index (χ0n) is 45.8. The van der Waals surface area contributed by atoms with E-state index in [0.717, 1.165) is 118 Å². The van der Waals surface area contributed by atoms with Gasteiger partial charge in [0.2, 0.25) is 0 Å². The number of nitrogens with zero attached hydrogens (tertiary/aromatic N) is 6. The second-order valence-electron chi connectivity index (χ2n) is 20.1. The maximum absolute atomic E-state index is 12.8. The lowest BCUT2D eigenvalue weighted by Gasteiger charge is -2.07. The van der Waals surface area contributed by atoms with Crippen LogP contribution in [0.2, 0.25) is 0 Å². The van der Waals surface area contributed by atoms with Gasteiger partial charge in [0.25, 0.3) is 22.7 Å². The lowest BCUT2D eigenvalue weighted by Crippen LogP contribution is -2.32. The smallest absolute Gasteiger partial charge is 0.303 e. The molecule has 0 spiro atoms. The van der Waals surface area contributed by atoms with E-state index in [4.69, 9.17) is 9.97 Å². The van der Waals surface area contributed by atoms with Crippen molar-refractivity contribution < 1.29 is 38.1 Å². The van der Waals surface area contributed by atoms with Crippen LogP contribution in [0.25, 0.3) is 67.1 Å². The summed E-state index contributed by atoms with van der Waals surface area (Å²) in [6.07, 6.45) is 28.2. The highest BCUT2D eigenvalue weighted by Crippen LogP contribution is 2.43. The first-order chi connectivity index (χ1) is 37.7. The Bertz CT molecular complexity index is 3800. The van der Waals surface area contributed by atoms with E-state index in [1.807, 2.05) is 60.3 Å². The van der Waals surface area contributed by atoms with Crippen LogP contribution < -0.4 is 18.3 Å². The van der Waals surface area contributed by atoms with Crippen LogP contribution in [0.15, 0.2) is 149 Å². The number of carboxylic acid groups (broad SMARTS) is 2. The number of hydrogen-bond donors (Lipinski definition) is 4. The first-order valence-electron chi connectivity index (χ1n) is 26.9. The third-order valence-electron chi connectivity index (χ3n) is 15.3. The van der Waals surface area contributed by atoms with Crippen LogP contribution in [0.3, 0.4) is 0 Å². The van der Waals surface area contributed by atoms with Gasteiger partial charge in [-0.05, 0) is 146 Å². The van der Waals surface area contributed by atoms with Gasteiger partial charge in [-0.15, -0.1) is 26.3 Å². The molecule has 4 N–H and O–H groups in total. The number of fused-ring (bicyclic) bond motifs is 8. The first kappa shape index (κ1) is 53.9. The summed E-state index contributed by atoms with van der Waals surface area (Å²) in [5.41, 5.74) is 20.9. The van der Waals surface area contributed by atoms with Crippen LogP contribution in [0, 0.1) is 13.8 Å². The molecule has 2 aliphatic rings. The fourth-order valence-corrected chi connectivity index (χ4v) is 11.2. The largest absolute Gasteiger partial charge is 0.481 e. The Morgan fingerprint density at radius 2 is 0.782 bits per heavy atom. The van der Waals surface area contributed by atoms with Gasteiger partial charge in [-0.1, -0.05) is 38.2 Å². The minimum Gasteiger partial charge on any atom is -0.481 e. The molecule has 0 atom stereocenters. The van der Waals surface area contributed by atoms with Gasteiger partial charge in [0, 0.05) is 61.4 Å². The van der Waals surface area contributed by atoms with Crippen LogP contribution in [0.5, 0.6) is 0 Å². The number of aryl methyl sites for hydroxylation is 4. The Morgan fingerprint density at radius 1 is 0.462 bits per heavy atom. The summed E-state index contributed by atoms with van der Waals surface area (Å²) in [5, 5.41) is 20.9. The topological polar surface area (TPSA) is 147 Å². The monoisotopic (exact) mass is 1040 g/mol. The molecule has 0 unspecified atom stereocenters. The minimum absolute atomic E-state index is 0.145. The molecule has 0 saturated carbocycles. The van der Waals surface area contributed by atoms with Gasteiger partial charge < -0.3 is 20.2 Å². The summed E-state index contributed by atoms with van der Waals surface area (Å²) in [6, 6.07) is 16.7. The molecule has 9 rings (SSSR count). The van der Waals surface area contributed by atoms with Gasteiger partial charge >= 0.3 is 11.9 Å². The fourth-order valence-electron chi connectivity index (χ4n) is 11.2. The number of aliphatic carboxylic acids is 2. The van der Waals surface area contributed by atoms with E-state index in [9.17, 15) is 19.8 Å². The van der Waals surface area contributed by atoms with E-state index < -0.39 is 11.9 Å². The maximum atomic E-state index is 12.8. The van der Waals surface area contributed by atoms with Crippen molar-refractivity contribution in [3.05, 3.63) is 216 Å². The van der Waals surface area contributed by atoms with Gasteiger partial charge in [0.05, 0.1) is 0 Å². The number of rotatable bonds is 20. The van der Waals surface area contributed by atoms with E-state index in [1.165, 1.54) is 0 Å². The van der Waals surface area contributed by atoms with Crippen molar-refractivity contribution in [2.24, 2.45) is 0 Å². The lowest BCUT2D eigenvalue weighted by atomic mass is 9.97. The Labute approximate surface area is 456 Å². The molecule has 12 heteroatoms. The van der Waals surface area contributed by atoms with Crippen molar-refractivity contribution in [3.63, 3.8) is 0 Å². The second kappa shape index (κ2) is 23.1. The Morgan fingerprint density at radius 3 is 1.15 bits per heavy atom. The fraction of sp³-hybridized carbons (Fsp3) is 0.242. The van der Waals surface area contributed by atoms with Crippen molar-refractivity contribution in [2.45, 2.75) is 106 Å². The highest BCUT2D eigenvalue weighted by molar-refractivity contribution is 6.01. The highest BCUT2D eigenvalue weighted by Gasteiger charge is 2.37. The molecule has 12 nitrogen and oxygen atoms in total. The molecular weight excluding hydrogens is 969 g/mol. The minimum atomic E-state index is -0.935. The number of allylic oxidation sites excluding steroid dienone is 8. The predicted octanol–water partition coefficient (Wildman–Crippen LogP) is 11.7. The Hall–Kier alpha value is -8.90. The number of pyridine rings is 4. The normalized spacial score (nSPS) is 12.3. The van der Waals surface area contributed by atoms with E-state index in [-0.39, 0.29) is 25.7 Å². The second-order valence-corrected chi connectivity index (χ2v) is 20.1. The molecule has 0 amide bonds. The molecule has 7 aromatic rings. The van der Waals surface area contributed by atoms with Gasteiger partial charge in [-0.25, -0.2) is 9.97 Å². The molecule has 78 heavy (non-hydrogen) atoms. The summed E-state index contributed by atoms with van der Waals surface area (Å²) in [5.74, 6) is -1.87. The van der Waals surface area contributed by atoms with E-state index in [2.05, 4.69) is 158 Å². The van der Waals surface area contributed by atoms with Crippen LogP contribution >= 0.6 is 0 Å². The van der Waals surface area contributed by atoms with Crippen LogP contribution in [-0.4, -0.2) is 42.1 Å². The van der Waals surface area contributed by atoms with E-state index in [0.29, 0.717) is 54.7 Å².